The van der Waals surface area contributed by atoms with Crippen molar-refractivity contribution in [1.82, 2.24) is 4.98 Å². The molecule has 134 valence electrons. The first-order valence-electron chi connectivity index (χ1n) is 8.15. The summed E-state index contributed by atoms with van der Waals surface area (Å²) in [5.74, 6) is 0.989. The van der Waals surface area contributed by atoms with Gasteiger partial charge in [0.05, 0.1) is 12.8 Å². The summed E-state index contributed by atoms with van der Waals surface area (Å²) < 4.78 is 11.1. The maximum absolute atomic E-state index is 12.6. The predicted octanol–water partition coefficient (Wildman–Crippen LogP) is 4.61. The first-order chi connectivity index (χ1) is 12.5. The van der Waals surface area contributed by atoms with Crippen LogP contribution in [0.3, 0.4) is 0 Å². The maximum Gasteiger partial charge on any atom is 0.265 e. The Bertz CT molecular complexity index is 959. The van der Waals surface area contributed by atoms with Crippen LogP contribution in [-0.2, 0) is 4.79 Å². The van der Waals surface area contributed by atoms with Crippen LogP contribution < -0.4 is 14.8 Å². The third kappa shape index (κ3) is 3.73. The molecular formula is C20H19ClN2O3. The molecule has 0 spiro atoms. The topological polar surface area (TPSA) is 60.5 Å². The van der Waals surface area contributed by atoms with Crippen LogP contribution in [0.5, 0.6) is 11.5 Å². The zero-order chi connectivity index (χ0) is 18.7. The summed E-state index contributed by atoms with van der Waals surface area (Å²) in [7, 11) is 1.59. The molecule has 1 N–H and O–H groups in total. The second-order valence-corrected chi connectivity index (χ2v) is 6.28. The molecule has 3 rings (SSSR count). The lowest BCUT2D eigenvalue weighted by Crippen LogP contribution is -2.30. The van der Waals surface area contributed by atoms with Crippen LogP contribution in [0.15, 0.2) is 48.7 Å². The highest BCUT2D eigenvalue weighted by molar-refractivity contribution is 6.31. The summed E-state index contributed by atoms with van der Waals surface area (Å²) in [6.07, 6.45) is 1.01. The highest BCUT2D eigenvalue weighted by Crippen LogP contribution is 2.30. The number of carbonyl (C=O) groups is 1. The number of nitrogens with zero attached hydrogens (tertiary/aromatic N) is 1. The molecule has 0 saturated carbocycles. The number of benzene rings is 2. The number of halogens is 1. The van der Waals surface area contributed by atoms with Crippen molar-refractivity contribution >= 4 is 34.1 Å². The number of aryl methyl sites for hydroxylation is 1. The zero-order valence-corrected chi connectivity index (χ0v) is 15.5. The Balaban J connectivity index is 1.79. The summed E-state index contributed by atoms with van der Waals surface area (Å²) >= 11 is 6.02. The van der Waals surface area contributed by atoms with Gasteiger partial charge in [-0.25, -0.2) is 0 Å². The fraction of sp³-hybridized carbons (Fsp3) is 0.200. The van der Waals surface area contributed by atoms with Crippen LogP contribution in [0, 0.1) is 6.92 Å². The minimum absolute atomic E-state index is 0.257. The molecule has 0 fully saturated rings. The summed E-state index contributed by atoms with van der Waals surface area (Å²) in [5.41, 5.74) is 2.24. The smallest absolute Gasteiger partial charge is 0.265 e. The molecule has 0 aliphatic rings. The van der Waals surface area contributed by atoms with E-state index in [1.807, 2.05) is 19.1 Å². The fourth-order valence-corrected chi connectivity index (χ4v) is 2.72. The lowest BCUT2D eigenvalue weighted by molar-refractivity contribution is -0.122. The highest BCUT2D eigenvalue weighted by atomic mass is 35.5. The molecule has 5 nitrogen and oxygen atoms in total. The van der Waals surface area contributed by atoms with Crippen LogP contribution in [0.1, 0.15) is 12.5 Å². The largest absolute Gasteiger partial charge is 0.494 e. The van der Waals surface area contributed by atoms with Crippen LogP contribution in [0.2, 0.25) is 5.02 Å². The van der Waals surface area contributed by atoms with Crippen molar-refractivity contribution in [3.05, 3.63) is 59.2 Å². The molecule has 0 saturated heterocycles. The number of pyridine rings is 1. The van der Waals surface area contributed by atoms with E-state index in [4.69, 9.17) is 21.1 Å². The van der Waals surface area contributed by atoms with Crippen molar-refractivity contribution < 1.29 is 14.3 Å². The first kappa shape index (κ1) is 18.0. The fourth-order valence-electron chi connectivity index (χ4n) is 2.60. The molecule has 6 heteroatoms. The normalized spacial score (nSPS) is 11.8. The average Bonchev–Trinajstić information content (AvgIpc) is 2.65. The van der Waals surface area contributed by atoms with Crippen LogP contribution in [0.4, 0.5) is 5.69 Å². The quantitative estimate of drug-likeness (QED) is 0.712. The van der Waals surface area contributed by atoms with E-state index in [0.717, 1.165) is 10.9 Å². The number of aromatic nitrogens is 1. The first-order valence-corrected chi connectivity index (χ1v) is 8.53. The number of hydrogen-bond acceptors (Lipinski definition) is 4. The number of anilines is 1. The maximum atomic E-state index is 12.6. The molecule has 2 aromatic carbocycles. The van der Waals surface area contributed by atoms with E-state index in [1.54, 1.807) is 50.6 Å². The van der Waals surface area contributed by atoms with Gasteiger partial charge < -0.3 is 14.8 Å². The zero-order valence-electron chi connectivity index (χ0n) is 14.7. The van der Waals surface area contributed by atoms with E-state index in [0.29, 0.717) is 27.7 Å². The average molecular weight is 371 g/mol. The minimum atomic E-state index is -0.676. The Morgan fingerprint density at radius 2 is 2.04 bits per heavy atom. The van der Waals surface area contributed by atoms with Gasteiger partial charge in [0.25, 0.3) is 5.91 Å². The van der Waals surface area contributed by atoms with Crippen LogP contribution in [0.25, 0.3) is 10.9 Å². The van der Waals surface area contributed by atoms with E-state index in [9.17, 15) is 4.79 Å². The Hall–Kier alpha value is -2.79. The molecule has 26 heavy (non-hydrogen) atoms. The van der Waals surface area contributed by atoms with Crippen molar-refractivity contribution in [3.63, 3.8) is 0 Å². The monoisotopic (exact) mass is 370 g/mol. The standard InChI is InChI=1S/C20H19ClN2O3/c1-12-11-14(6-7-16(12)21)26-13(2)20(24)23-17-8-9-18(25-3)19-15(17)5-4-10-22-19/h4-11,13H,1-3H3,(H,23,24)/t13-/m0/s1. The Kier molecular flexibility index (Phi) is 5.28. The van der Waals surface area contributed by atoms with E-state index in [1.165, 1.54) is 0 Å². The Labute approximate surface area is 156 Å². The van der Waals surface area contributed by atoms with Gasteiger partial charge >= 0.3 is 0 Å². The summed E-state index contributed by atoms with van der Waals surface area (Å²) in [6.45, 7) is 3.58. The van der Waals surface area contributed by atoms with Crippen molar-refractivity contribution in [1.29, 1.82) is 0 Å². The van der Waals surface area contributed by atoms with Gasteiger partial charge in [0.2, 0.25) is 0 Å². The van der Waals surface area contributed by atoms with Gasteiger partial charge in [0.1, 0.15) is 17.0 Å². The second-order valence-electron chi connectivity index (χ2n) is 5.88. The molecule has 1 aromatic heterocycles. The summed E-state index contributed by atoms with van der Waals surface area (Å²) in [6, 6.07) is 12.6. The van der Waals surface area contributed by atoms with Gasteiger partial charge in [-0.1, -0.05) is 11.6 Å². The highest BCUT2D eigenvalue weighted by Gasteiger charge is 2.17. The molecule has 0 aliphatic carbocycles. The lowest BCUT2D eigenvalue weighted by atomic mass is 10.1. The molecule has 0 aliphatic heterocycles. The minimum Gasteiger partial charge on any atom is -0.494 e. The predicted molar refractivity (Wildman–Crippen MR) is 103 cm³/mol. The van der Waals surface area contributed by atoms with Crippen LogP contribution in [-0.4, -0.2) is 24.1 Å². The third-order valence-corrected chi connectivity index (χ3v) is 4.45. The number of carbonyl (C=O) groups excluding carboxylic acids is 1. The molecule has 0 radical (unpaired) electrons. The van der Waals surface area contributed by atoms with E-state index in [2.05, 4.69) is 10.3 Å². The number of rotatable bonds is 5. The molecule has 1 heterocycles. The van der Waals surface area contributed by atoms with Gasteiger partial charge in [-0.05, 0) is 61.9 Å². The summed E-state index contributed by atoms with van der Waals surface area (Å²) in [4.78, 5) is 16.9. The van der Waals surface area contributed by atoms with Gasteiger partial charge in [0.15, 0.2) is 6.10 Å². The number of ether oxygens (including phenoxy) is 2. The third-order valence-electron chi connectivity index (χ3n) is 4.02. The van der Waals surface area contributed by atoms with Crippen molar-refractivity contribution in [2.75, 3.05) is 12.4 Å². The molecular weight excluding hydrogens is 352 g/mol. The number of fused-ring (bicyclic) bond motifs is 1. The van der Waals surface area contributed by atoms with Gasteiger partial charge in [-0.15, -0.1) is 0 Å². The number of hydrogen-bond donors (Lipinski definition) is 1. The lowest BCUT2D eigenvalue weighted by Gasteiger charge is -2.16. The number of nitrogens with one attached hydrogen (secondary N) is 1. The number of amides is 1. The molecule has 1 amide bonds. The van der Waals surface area contributed by atoms with Crippen molar-refractivity contribution in [3.8, 4) is 11.5 Å². The molecule has 0 unspecified atom stereocenters. The summed E-state index contributed by atoms with van der Waals surface area (Å²) in [5, 5.41) is 4.36. The Morgan fingerprint density at radius 1 is 1.23 bits per heavy atom. The molecule has 1 atom stereocenters. The Morgan fingerprint density at radius 3 is 2.77 bits per heavy atom. The van der Waals surface area contributed by atoms with E-state index >= 15 is 0 Å². The number of methoxy groups -OCH3 is 1. The van der Waals surface area contributed by atoms with Crippen LogP contribution >= 0.6 is 11.6 Å². The van der Waals surface area contributed by atoms with Crippen molar-refractivity contribution in [2.24, 2.45) is 0 Å². The molecule has 0 bridgehead atoms. The van der Waals surface area contributed by atoms with E-state index in [-0.39, 0.29) is 5.91 Å². The van der Waals surface area contributed by atoms with Crippen molar-refractivity contribution in [2.45, 2.75) is 20.0 Å². The second kappa shape index (κ2) is 7.62. The van der Waals surface area contributed by atoms with Gasteiger partial charge in [-0.3, -0.25) is 9.78 Å². The molecule has 3 aromatic rings. The SMILES string of the molecule is COc1ccc(NC(=O)[C@H](C)Oc2ccc(Cl)c(C)c2)c2cccnc12. The van der Waals surface area contributed by atoms with Gasteiger partial charge in [0, 0.05) is 16.6 Å². The van der Waals surface area contributed by atoms with Gasteiger partial charge in [-0.2, -0.15) is 0 Å². The van der Waals surface area contributed by atoms with E-state index < -0.39 is 6.10 Å².